The fourth-order valence-electron chi connectivity index (χ4n) is 1.75. The van der Waals surface area contributed by atoms with Gasteiger partial charge in [-0.2, -0.15) is 0 Å². The quantitative estimate of drug-likeness (QED) is 0.853. The molecule has 0 fully saturated rings. The summed E-state index contributed by atoms with van der Waals surface area (Å²) in [5.41, 5.74) is 1.37. The van der Waals surface area contributed by atoms with E-state index in [9.17, 15) is 15.0 Å². The first kappa shape index (κ1) is 11.3. The van der Waals surface area contributed by atoms with E-state index in [4.69, 9.17) is 4.42 Å². The van der Waals surface area contributed by atoms with Crippen LogP contribution in [0.1, 0.15) is 22.8 Å². The Morgan fingerprint density at radius 1 is 1.41 bits per heavy atom. The lowest BCUT2D eigenvalue weighted by Gasteiger charge is -2.01. The van der Waals surface area contributed by atoms with Gasteiger partial charge in [0.2, 0.25) is 0 Å². The van der Waals surface area contributed by atoms with Gasteiger partial charge in [-0.1, -0.05) is 19.1 Å². The third-order valence-corrected chi connectivity index (χ3v) is 2.57. The number of hydrogen-bond donors (Lipinski definition) is 2. The van der Waals surface area contributed by atoms with Gasteiger partial charge in [0.1, 0.15) is 17.1 Å². The number of carbonyl (C=O) groups is 1. The molecule has 0 atom stereocenters. The molecule has 1 aromatic carbocycles. The van der Waals surface area contributed by atoms with Crippen LogP contribution in [0, 0.1) is 0 Å². The lowest BCUT2D eigenvalue weighted by atomic mass is 10.0. The number of carboxylic acid groups (broad SMARTS) is 1. The van der Waals surface area contributed by atoms with Crippen molar-refractivity contribution in [2.75, 3.05) is 0 Å². The van der Waals surface area contributed by atoms with Gasteiger partial charge in [0, 0.05) is 11.1 Å². The van der Waals surface area contributed by atoms with Gasteiger partial charge in [-0.3, -0.25) is 0 Å². The minimum absolute atomic E-state index is 0.0771. The molecule has 0 radical (unpaired) electrons. The normalized spacial score (nSPS) is 10.4. The molecule has 4 nitrogen and oxygen atoms in total. The van der Waals surface area contributed by atoms with Crippen LogP contribution in [0.25, 0.3) is 11.3 Å². The smallest absolute Gasteiger partial charge is 0.339 e. The maximum Gasteiger partial charge on any atom is 0.339 e. The molecule has 0 spiro atoms. The zero-order chi connectivity index (χ0) is 12.4. The molecule has 2 N–H and O–H groups in total. The Labute approximate surface area is 98.1 Å². The van der Waals surface area contributed by atoms with Crippen LogP contribution in [0.4, 0.5) is 0 Å². The second kappa shape index (κ2) is 4.33. The van der Waals surface area contributed by atoms with Gasteiger partial charge in [-0.25, -0.2) is 4.79 Å². The van der Waals surface area contributed by atoms with Gasteiger partial charge < -0.3 is 14.6 Å². The molecule has 0 unspecified atom stereocenters. The second-order valence-electron chi connectivity index (χ2n) is 3.67. The summed E-state index contributed by atoms with van der Waals surface area (Å²) in [6.45, 7) is 1.86. The van der Waals surface area contributed by atoms with Crippen molar-refractivity contribution >= 4 is 5.97 Å². The van der Waals surface area contributed by atoms with E-state index < -0.39 is 5.97 Å². The average molecular weight is 232 g/mol. The van der Waals surface area contributed by atoms with Crippen LogP contribution in [0.5, 0.6) is 5.75 Å². The molecular formula is C13H12O4. The third-order valence-electron chi connectivity index (χ3n) is 2.57. The molecule has 0 aliphatic carbocycles. The number of phenols is 1. The predicted octanol–water partition coefficient (Wildman–Crippen LogP) is 2.91. The Morgan fingerprint density at radius 3 is 2.76 bits per heavy atom. The molecule has 2 rings (SSSR count). The highest BCUT2D eigenvalue weighted by molar-refractivity contribution is 5.96. The first-order chi connectivity index (χ1) is 8.13. The van der Waals surface area contributed by atoms with Crippen LogP contribution in [0.2, 0.25) is 0 Å². The standard InChI is InChI=1S/C13H12O4/c1-2-8-7-17-12(11(8)13(15)16)9-4-3-5-10(14)6-9/h3-7,14H,2H2,1H3,(H,15,16). The molecule has 0 amide bonds. The zero-order valence-corrected chi connectivity index (χ0v) is 9.30. The maximum atomic E-state index is 11.2. The molecule has 0 saturated carbocycles. The van der Waals surface area contributed by atoms with Crippen LogP contribution < -0.4 is 0 Å². The summed E-state index contributed by atoms with van der Waals surface area (Å²) in [6.07, 6.45) is 2.03. The van der Waals surface area contributed by atoms with Crippen LogP contribution in [-0.2, 0) is 6.42 Å². The molecular weight excluding hydrogens is 220 g/mol. The lowest BCUT2D eigenvalue weighted by molar-refractivity contribution is 0.0696. The van der Waals surface area contributed by atoms with E-state index >= 15 is 0 Å². The highest BCUT2D eigenvalue weighted by Crippen LogP contribution is 2.30. The Hall–Kier alpha value is -2.23. The molecule has 1 heterocycles. The van der Waals surface area contributed by atoms with Crippen molar-refractivity contribution < 1.29 is 19.4 Å². The topological polar surface area (TPSA) is 70.7 Å². The molecule has 88 valence electrons. The molecule has 2 aromatic rings. The summed E-state index contributed by atoms with van der Waals surface area (Å²) >= 11 is 0. The average Bonchev–Trinajstić information content (AvgIpc) is 2.72. The zero-order valence-electron chi connectivity index (χ0n) is 9.30. The van der Waals surface area contributed by atoms with Crippen LogP contribution >= 0.6 is 0 Å². The number of phenolic OH excluding ortho intramolecular Hbond substituents is 1. The number of aromatic hydroxyl groups is 1. The Kier molecular flexibility index (Phi) is 2.87. The predicted molar refractivity (Wildman–Crippen MR) is 62.1 cm³/mol. The number of aromatic carboxylic acids is 1. The van der Waals surface area contributed by atoms with Crippen LogP contribution in [-0.4, -0.2) is 16.2 Å². The fourth-order valence-corrected chi connectivity index (χ4v) is 1.75. The number of hydrogen-bond acceptors (Lipinski definition) is 3. The van der Waals surface area contributed by atoms with E-state index in [0.29, 0.717) is 17.5 Å². The van der Waals surface area contributed by atoms with E-state index in [2.05, 4.69) is 0 Å². The van der Waals surface area contributed by atoms with Crippen molar-refractivity contribution in [3.63, 3.8) is 0 Å². The molecule has 4 heteroatoms. The minimum Gasteiger partial charge on any atom is -0.508 e. The van der Waals surface area contributed by atoms with Gasteiger partial charge >= 0.3 is 5.97 Å². The van der Waals surface area contributed by atoms with Gasteiger partial charge in [0.25, 0.3) is 0 Å². The second-order valence-corrected chi connectivity index (χ2v) is 3.67. The Morgan fingerprint density at radius 2 is 2.18 bits per heavy atom. The molecule has 1 aromatic heterocycles. The minimum atomic E-state index is -1.02. The summed E-state index contributed by atoms with van der Waals surface area (Å²) in [5, 5.41) is 18.6. The van der Waals surface area contributed by atoms with E-state index in [0.717, 1.165) is 0 Å². The van der Waals surface area contributed by atoms with Crippen molar-refractivity contribution in [1.82, 2.24) is 0 Å². The largest absolute Gasteiger partial charge is 0.508 e. The Balaban J connectivity index is 2.60. The van der Waals surface area contributed by atoms with Crippen molar-refractivity contribution in [2.45, 2.75) is 13.3 Å². The number of rotatable bonds is 3. The van der Waals surface area contributed by atoms with Gasteiger partial charge in [0.15, 0.2) is 0 Å². The van der Waals surface area contributed by atoms with Crippen molar-refractivity contribution in [3.8, 4) is 17.1 Å². The third kappa shape index (κ3) is 2.01. The van der Waals surface area contributed by atoms with E-state index in [1.54, 1.807) is 12.1 Å². The maximum absolute atomic E-state index is 11.2. The SMILES string of the molecule is CCc1coc(-c2cccc(O)c2)c1C(=O)O. The fraction of sp³-hybridized carbons (Fsp3) is 0.154. The summed E-state index contributed by atoms with van der Waals surface area (Å²) in [6, 6.07) is 6.34. The monoisotopic (exact) mass is 232 g/mol. The first-order valence-corrected chi connectivity index (χ1v) is 5.26. The summed E-state index contributed by atoms with van der Waals surface area (Å²) < 4.78 is 5.30. The van der Waals surface area contributed by atoms with Gasteiger partial charge in [0.05, 0.1) is 6.26 Å². The molecule has 0 aliphatic rings. The van der Waals surface area contributed by atoms with E-state index in [-0.39, 0.29) is 17.1 Å². The highest BCUT2D eigenvalue weighted by atomic mass is 16.4. The van der Waals surface area contributed by atoms with E-state index in [1.165, 1.54) is 18.4 Å². The van der Waals surface area contributed by atoms with Crippen molar-refractivity contribution in [3.05, 3.63) is 41.7 Å². The van der Waals surface area contributed by atoms with Crippen molar-refractivity contribution in [1.29, 1.82) is 0 Å². The Bertz CT molecular complexity index is 554. The molecule has 0 aliphatic heterocycles. The number of aryl methyl sites for hydroxylation is 1. The van der Waals surface area contributed by atoms with Crippen LogP contribution in [0.15, 0.2) is 34.9 Å². The van der Waals surface area contributed by atoms with Gasteiger partial charge in [-0.05, 0) is 18.6 Å². The first-order valence-electron chi connectivity index (χ1n) is 5.26. The number of carboxylic acids is 1. The summed E-state index contributed by atoms with van der Waals surface area (Å²) in [4.78, 5) is 11.2. The number of benzene rings is 1. The van der Waals surface area contributed by atoms with Gasteiger partial charge in [-0.15, -0.1) is 0 Å². The van der Waals surface area contributed by atoms with Crippen molar-refractivity contribution in [2.24, 2.45) is 0 Å². The number of furan rings is 1. The highest BCUT2D eigenvalue weighted by Gasteiger charge is 2.20. The lowest BCUT2D eigenvalue weighted by Crippen LogP contribution is -2.00. The summed E-state index contributed by atoms with van der Waals surface area (Å²) in [7, 11) is 0. The summed E-state index contributed by atoms with van der Waals surface area (Å²) in [5.74, 6) is -0.660. The molecule has 0 saturated heterocycles. The van der Waals surface area contributed by atoms with Crippen LogP contribution in [0.3, 0.4) is 0 Å². The van der Waals surface area contributed by atoms with E-state index in [1.807, 2.05) is 6.92 Å². The molecule has 0 bridgehead atoms. The molecule has 17 heavy (non-hydrogen) atoms.